The zero-order chi connectivity index (χ0) is 14.8. The normalized spacial score (nSPS) is 12.9. The summed E-state index contributed by atoms with van der Waals surface area (Å²) < 4.78 is 0. The monoisotopic (exact) mass is 270 g/mol. The molecule has 0 radical (unpaired) electrons. The molecule has 0 aromatic heterocycles. The van der Waals surface area contributed by atoms with Gasteiger partial charge in [0.15, 0.2) is 0 Å². The van der Waals surface area contributed by atoms with Crippen molar-refractivity contribution in [2.45, 2.75) is 13.3 Å². The van der Waals surface area contributed by atoms with Crippen LogP contribution in [-0.2, 0) is 14.4 Å². The summed E-state index contributed by atoms with van der Waals surface area (Å²) in [7, 11) is 1.76. The molecular weight excluding hydrogens is 252 g/mol. The Morgan fingerprint density at radius 3 is 2.00 bits per heavy atom. The molecule has 1 amide bonds. The summed E-state index contributed by atoms with van der Waals surface area (Å²) in [6.07, 6.45) is 1.30. The summed E-state index contributed by atoms with van der Waals surface area (Å²) in [4.78, 5) is 32.9. The second-order valence-corrected chi connectivity index (χ2v) is 3.97. The third-order valence-corrected chi connectivity index (χ3v) is 2.41. The number of carboxylic acid groups (broad SMARTS) is 2. The summed E-state index contributed by atoms with van der Waals surface area (Å²) in [6.45, 7) is 5.31. The fraction of sp³-hybridized carbons (Fsp3) is 0.583. The van der Waals surface area contributed by atoms with Crippen molar-refractivity contribution in [1.82, 2.24) is 9.80 Å². The Hall–Kier alpha value is -2.07. The lowest BCUT2D eigenvalue weighted by Gasteiger charge is -2.28. The van der Waals surface area contributed by atoms with E-state index in [1.54, 1.807) is 18.9 Å². The molecule has 1 fully saturated rings. The number of carboxylic acids is 2. The van der Waals surface area contributed by atoms with Gasteiger partial charge in [0, 0.05) is 27.1 Å². The molecular formula is C12H18N2O5. The molecule has 0 spiro atoms. The first kappa shape index (κ1) is 16.9. The molecule has 19 heavy (non-hydrogen) atoms. The van der Waals surface area contributed by atoms with Crippen molar-refractivity contribution in [3.8, 4) is 11.8 Å². The number of carbonyl (C=O) groups excluding carboxylic acids is 1. The van der Waals surface area contributed by atoms with Gasteiger partial charge in [0.1, 0.15) is 0 Å². The predicted octanol–water partition coefficient (Wildman–Crippen LogP) is -0.671. The molecule has 0 atom stereocenters. The predicted molar refractivity (Wildman–Crippen MR) is 67.4 cm³/mol. The molecule has 7 nitrogen and oxygen atoms in total. The molecule has 2 N–H and O–H groups in total. The number of nitrogens with zero attached hydrogens (tertiary/aromatic N) is 2. The van der Waals surface area contributed by atoms with E-state index in [1.165, 1.54) is 19.5 Å². The maximum atomic E-state index is 10.8. The highest BCUT2D eigenvalue weighted by Crippen LogP contribution is 2.02. The lowest BCUT2D eigenvalue weighted by atomic mass is 10.2. The van der Waals surface area contributed by atoms with Gasteiger partial charge in [0.2, 0.25) is 5.91 Å². The van der Waals surface area contributed by atoms with Crippen LogP contribution < -0.4 is 0 Å². The van der Waals surface area contributed by atoms with Crippen LogP contribution in [0.5, 0.6) is 0 Å². The number of amides is 1. The number of hydrogen-bond acceptors (Lipinski definition) is 4. The molecule has 1 saturated heterocycles. The molecule has 1 heterocycles. The molecule has 1 aliphatic rings. The quantitative estimate of drug-likeness (QED) is 0.510. The van der Waals surface area contributed by atoms with Crippen LogP contribution in [0.1, 0.15) is 13.3 Å². The summed E-state index contributed by atoms with van der Waals surface area (Å²) >= 11 is 0. The molecule has 106 valence electrons. The SMILES string of the molecule is CC(=O)N(C)CC#CCN1CCC1.O=C(O)C(=O)O. The fourth-order valence-electron chi connectivity index (χ4n) is 0.993. The number of aliphatic carboxylic acids is 2. The van der Waals surface area contributed by atoms with Crippen molar-refractivity contribution >= 4 is 17.8 Å². The van der Waals surface area contributed by atoms with Gasteiger partial charge in [-0.25, -0.2) is 9.59 Å². The van der Waals surface area contributed by atoms with Gasteiger partial charge in [-0.05, 0) is 6.42 Å². The van der Waals surface area contributed by atoms with E-state index in [-0.39, 0.29) is 5.91 Å². The van der Waals surface area contributed by atoms with E-state index in [0.717, 1.165) is 6.54 Å². The van der Waals surface area contributed by atoms with Gasteiger partial charge in [-0.3, -0.25) is 9.69 Å². The van der Waals surface area contributed by atoms with Crippen LogP contribution in [0, 0.1) is 11.8 Å². The largest absolute Gasteiger partial charge is 0.473 e. The van der Waals surface area contributed by atoms with Crippen molar-refractivity contribution in [1.29, 1.82) is 0 Å². The zero-order valence-electron chi connectivity index (χ0n) is 11.0. The van der Waals surface area contributed by atoms with Gasteiger partial charge in [0.05, 0.1) is 13.1 Å². The number of rotatable bonds is 2. The Morgan fingerprint density at radius 1 is 1.16 bits per heavy atom. The highest BCUT2D eigenvalue weighted by atomic mass is 16.4. The Balaban J connectivity index is 0.000000459. The average molecular weight is 270 g/mol. The van der Waals surface area contributed by atoms with E-state index < -0.39 is 11.9 Å². The van der Waals surface area contributed by atoms with Crippen molar-refractivity contribution in [2.75, 3.05) is 33.2 Å². The summed E-state index contributed by atoms with van der Waals surface area (Å²) in [5.74, 6) is 2.45. The van der Waals surface area contributed by atoms with E-state index in [9.17, 15) is 4.79 Å². The highest BCUT2D eigenvalue weighted by Gasteiger charge is 2.10. The minimum Gasteiger partial charge on any atom is -0.473 e. The van der Waals surface area contributed by atoms with Crippen LogP contribution in [0.2, 0.25) is 0 Å². The lowest BCUT2D eigenvalue weighted by Crippen LogP contribution is -2.37. The molecule has 0 saturated carbocycles. The standard InChI is InChI=1S/C10H16N2O.C2H2O4/c1-10(13)11(2)6-3-4-7-12-8-5-9-12;3-1(4)2(5)6/h5-9H2,1-2H3;(H,3,4)(H,5,6). The van der Waals surface area contributed by atoms with E-state index in [1.807, 2.05) is 0 Å². The number of likely N-dealkylation sites (tertiary alicyclic amines) is 1. The Bertz CT molecular complexity index is 381. The minimum atomic E-state index is -1.82. The van der Waals surface area contributed by atoms with Crippen LogP contribution in [0.3, 0.4) is 0 Å². The number of hydrogen-bond donors (Lipinski definition) is 2. The second kappa shape index (κ2) is 8.94. The van der Waals surface area contributed by atoms with E-state index >= 15 is 0 Å². The summed E-state index contributed by atoms with van der Waals surface area (Å²) in [5, 5.41) is 14.8. The summed E-state index contributed by atoms with van der Waals surface area (Å²) in [5.41, 5.74) is 0. The molecule has 0 unspecified atom stereocenters. The third-order valence-electron chi connectivity index (χ3n) is 2.41. The van der Waals surface area contributed by atoms with Crippen LogP contribution in [0.4, 0.5) is 0 Å². The average Bonchev–Trinajstić information content (AvgIpc) is 2.26. The van der Waals surface area contributed by atoms with Crippen molar-refractivity contribution in [3.63, 3.8) is 0 Å². The van der Waals surface area contributed by atoms with Gasteiger partial charge < -0.3 is 15.1 Å². The first-order valence-corrected chi connectivity index (χ1v) is 5.70. The van der Waals surface area contributed by atoms with Crippen LogP contribution in [-0.4, -0.2) is 71.1 Å². The number of carbonyl (C=O) groups is 3. The first-order valence-electron chi connectivity index (χ1n) is 5.70. The molecule has 0 aromatic rings. The smallest absolute Gasteiger partial charge is 0.414 e. The minimum absolute atomic E-state index is 0.0678. The van der Waals surface area contributed by atoms with Gasteiger partial charge in [-0.15, -0.1) is 0 Å². The van der Waals surface area contributed by atoms with Crippen molar-refractivity contribution in [3.05, 3.63) is 0 Å². The Labute approximate surface area is 111 Å². The maximum absolute atomic E-state index is 10.8. The van der Waals surface area contributed by atoms with Crippen LogP contribution in [0.15, 0.2) is 0 Å². The van der Waals surface area contributed by atoms with Crippen LogP contribution >= 0.6 is 0 Å². The third kappa shape index (κ3) is 8.63. The maximum Gasteiger partial charge on any atom is 0.414 e. The molecule has 0 bridgehead atoms. The fourth-order valence-corrected chi connectivity index (χ4v) is 0.993. The molecule has 0 aromatic carbocycles. The first-order chi connectivity index (χ1) is 8.84. The molecule has 1 rings (SSSR count). The molecule has 7 heteroatoms. The van der Waals surface area contributed by atoms with E-state index in [4.69, 9.17) is 19.8 Å². The van der Waals surface area contributed by atoms with Gasteiger partial charge in [-0.2, -0.15) is 0 Å². The second-order valence-electron chi connectivity index (χ2n) is 3.97. The topological polar surface area (TPSA) is 98.2 Å². The molecule has 0 aliphatic carbocycles. The van der Waals surface area contributed by atoms with E-state index in [2.05, 4.69) is 16.7 Å². The zero-order valence-corrected chi connectivity index (χ0v) is 11.0. The molecule has 1 aliphatic heterocycles. The highest BCUT2D eigenvalue weighted by molar-refractivity contribution is 6.27. The summed E-state index contributed by atoms with van der Waals surface area (Å²) in [6, 6.07) is 0. The van der Waals surface area contributed by atoms with Gasteiger partial charge in [0.25, 0.3) is 0 Å². The Morgan fingerprint density at radius 2 is 1.68 bits per heavy atom. The van der Waals surface area contributed by atoms with Crippen molar-refractivity contribution in [2.24, 2.45) is 0 Å². The lowest BCUT2D eigenvalue weighted by molar-refractivity contribution is -0.159. The van der Waals surface area contributed by atoms with Crippen LogP contribution in [0.25, 0.3) is 0 Å². The van der Waals surface area contributed by atoms with Gasteiger partial charge in [-0.1, -0.05) is 11.8 Å². The Kier molecular flexibility index (Phi) is 7.97. The van der Waals surface area contributed by atoms with E-state index in [0.29, 0.717) is 6.54 Å². The van der Waals surface area contributed by atoms with Gasteiger partial charge >= 0.3 is 11.9 Å². The van der Waals surface area contributed by atoms with Crippen molar-refractivity contribution < 1.29 is 24.6 Å².